The average Bonchev–Trinajstić information content (AvgIpc) is 2.26. The Balaban J connectivity index is 2.73. The number of rotatable bonds is 5. The van der Waals surface area contributed by atoms with Gasteiger partial charge in [0, 0.05) is 21.1 Å². The molecule has 1 heterocycles. The van der Waals surface area contributed by atoms with Gasteiger partial charge in [-0.25, -0.2) is 0 Å². The van der Waals surface area contributed by atoms with Crippen LogP contribution in [0.15, 0.2) is 0 Å². The van der Waals surface area contributed by atoms with Crippen LogP contribution in [-0.2, 0) is 0 Å². The number of nitrogens with zero attached hydrogens (tertiary/aromatic N) is 4. The van der Waals surface area contributed by atoms with Gasteiger partial charge in [0.05, 0.1) is 6.42 Å². The van der Waals surface area contributed by atoms with Crippen molar-refractivity contribution < 1.29 is 17.9 Å². The Kier molecular flexibility index (Phi) is 4.51. The number of anilines is 2. The first-order valence-corrected chi connectivity index (χ1v) is 5.12. The van der Waals surface area contributed by atoms with E-state index in [1.165, 1.54) is 0 Å². The first kappa shape index (κ1) is 14.3. The molecule has 6 nitrogen and oxygen atoms in total. The van der Waals surface area contributed by atoms with Gasteiger partial charge in [0.1, 0.15) is 6.61 Å². The van der Waals surface area contributed by atoms with Crippen molar-refractivity contribution in [1.82, 2.24) is 15.0 Å². The summed E-state index contributed by atoms with van der Waals surface area (Å²) < 4.78 is 40.7. The van der Waals surface area contributed by atoms with Gasteiger partial charge in [0.15, 0.2) is 0 Å². The number of alkyl halides is 3. The summed E-state index contributed by atoms with van der Waals surface area (Å²) in [4.78, 5) is 13.3. The second-order valence-corrected chi connectivity index (χ2v) is 3.60. The molecule has 0 aliphatic carbocycles. The van der Waals surface area contributed by atoms with E-state index in [9.17, 15) is 13.2 Å². The lowest BCUT2D eigenvalue weighted by Gasteiger charge is -2.13. The third-order valence-electron chi connectivity index (χ3n) is 1.84. The Morgan fingerprint density at radius 3 is 2.39 bits per heavy atom. The zero-order chi connectivity index (χ0) is 13.8. The molecule has 0 unspecified atom stereocenters. The van der Waals surface area contributed by atoms with Crippen LogP contribution in [0.5, 0.6) is 6.01 Å². The quantitative estimate of drug-likeness (QED) is 0.866. The van der Waals surface area contributed by atoms with Crippen molar-refractivity contribution in [1.29, 1.82) is 0 Å². The minimum atomic E-state index is -4.26. The van der Waals surface area contributed by atoms with Crippen molar-refractivity contribution in [3.8, 4) is 6.01 Å². The molecule has 0 aliphatic heterocycles. The van der Waals surface area contributed by atoms with Crippen molar-refractivity contribution in [2.75, 3.05) is 38.0 Å². The van der Waals surface area contributed by atoms with E-state index in [4.69, 9.17) is 4.74 Å². The van der Waals surface area contributed by atoms with Crippen LogP contribution in [0.3, 0.4) is 0 Å². The predicted molar refractivity (Wildman–Crippen MR) is 59.9 cm³/mol. The molecule has 0 aromatic carbocycles. The van der Waals surface area contributed by atoms with E-state index in [-0.39, 0.29) is 12.0 Å². The standard InChI is InChI=1S/C9H14F3N5O/c1-13-6-14-7(17(2)3)16-8(15-6)18-5-4-9(10,11)12/h4-5H2,1-3H3,(H,13,14,15,16). The smallest absolute Gasteiger partial charge is 0.392 e. The Labute approximate surface area is 102 Å². The summed E-state index contributed by atoms with van der Waals surface area (Å²) in [7, 11) is 5.00. The molecule has 0 fully saturated rings. The summed E-state index contributed by atoms with van der Waals surface area (Å²) in [6, 6.07) is -0.137. The lowest BCUT2D eigenvalue weighted by Crippen LogP contribution is -2.17. The number of ether oxygens (including phenoxy) is 1. The molecule has 18 heavy (non-hydrogen) atoms. The van der Waals surface area contributed by atoms with Crippen molar-refractivity contribution in [3.63, 3.8) is 0 Å². The van der Waals surface area contributed by atoms with Crippen LogP contribution in [0, 0.1) is 0 Å². The van der Waals surface area contributed by atoms with Crippen molar-refractivity contribution in [3.05, 3.63) is 0 Å². The van der Waals surface area contributed by atoms with Crippen LogP contribution in [0.25, 0.3) is 0 Å². The molecule has 9 heteroatoms. The topological polar surface area (TPSA) is 63.2 Å². The van der Waals surface area contributed by atoms with Crippen LogP contribution in [-0.4, -0.2) is 48.9 Å². The van der Waals surface area contributed by atoms with Crippen LogP contribution < -0.4 is 15.0 Å². The Hall–Kier alpha value is -1.80. The third-order valence-corrected chi connectivity index (χ3v) is 1.84. The van der Waals surface area contributed by atoms with E-state index in [1.807, 2.05) is 0 Å². The van der Waals surface area contributed by atoms with E-state index in [0.717, 1.165) is 0 Å². The second kappa shape index (κ2) is 5.69. The summed E-state index contributed by atoms with van der Waals surface area (Å²) in [5, 5.41) is 2.68. The number of aromatic nitrogens is 3. The molecular formula is C9H14F3N5O. The van der Waals surface area contributed by atoms with E-state index in [1.54, 1.807) is 26.0 Å². The highest BCUT2D eigenvalue weighted by atomic mass is 19.4. The Morgan fingerprint density at radius 1 is 1.22 bits per heavy atom. The van der Waals surface area contributed by atoms with Gasteiger partial charge in [-0.3, -0.25) is 0 Å². The predicted octanol–water partition coefficient (Wildman–Crippen LogP) is 1.31. The molecule has 1 N–H and O–H groups in total. The number of halogens is 3. The molecule has 0 bridgehead atoms. The van der Waals surface area contributed by atoms with Crippen molar-refractivity contribution >= 4 is 11.9 Å². The second-order valence-electron chi connectivity index (χ2n) is 3.60. The van der Waals surface area contributed by atoms with Gasteiger partial charge < -0.3 is 15.0 Å². The van der Waals surface area contributed by atoms with Gasteiger partial charge in [-0.1, -0.05) is 0 Å². The maximum Gasteiger partial charge on any atom is 0.392 e. The molecule has 0 saturated heterocycles. The van der Waals surface area contributed by atoms with Gasteiger partial charge in [-0.05, 0) is 0 Å². The summed E-state index contributed by atoms with van der Waals surface area (Å²) in [6.07, 6.45) is -5.31. The molecule has 1 rings (SSSR count). The number of hydrogen-bond donors (Lipinski definition) is 1. The Morgan fingerprint density at radius 2 is 1.89 bits per heavy atom. The zero-order valence-electron chi connectivity index (χ0n) is 10.2. The third kappa shape index (κ3) is 4.60. The van der Waals surface area contributed by atoms with E-state index >= 15 is 0 Å². The lowest BCUT2D eigenvalue weighted by molar-refractivity contribution is -0.139. The van der Waals surface area contributed by atoms with Crippen LogP contribution in [0.2, 0.25) is 0 Å². The molecule has 0 aliphatic rings. The highest BCUT2D eigenvalue weighted by Gasteiger charge is 2.27. The van der Waals surface area contributed by atoms with Gasteiger partial charge in [-0.15, -0.1) is 0 Å². The minimum Gasteiger partial charge on any atom is -0.463 e. The minimum absolute atomic E-state index is 0.137. The van der Waals surface area contributed by atoms with Crippen molar-refractivity contribution in [2.45, 2.75) is 12.6 Å². The molecule has 1 aromatic heterocycles. The Bertz CT molecular complexity index is 396. The molecule has 0 atom stereocenters. The molecule has 0 radical (unpaired) electrons. The maximum absolute atomic E-state index is 12.0. The van der Waals surface area contributed by atoms with Crippen LogP contribution in [0.4, 0.5) is 25.1 Å². The molecule has 102 valence electrons. The number of hydrogen-bond acceptors (Lipinski definition) is 6. The van der Waals surface area contributed by atoms with Crippen LogP contribution in [0.1, 0.15) is 6.42 Å². The fourth-order valence-corrected chi connectivity index (χ4v) is 0.980. The first-order valence-electron chi connectivity index (χ1n) is 5.12. The summed E-state index contributed by atoms with van der Waals surface area (Å²) >= 11 is 0. The zero-order valence-corrected chi connectivity index (χ0v) is 10.2. The fraction of sp³-hybridized carbons (Fsp3) is 0.667. The summed E-state index contributed by atoms with van der Waals surface area (Å²) in [6.45, 7) is -0.524. The fourth-order valence-electron chi connectivity index (χ4n) is 0.980. The molecular weight excluding hydrogens is 251 g/mol. The maximum atomic E-state index is 12.0. The lowest BCUT2D eigenvalue weighted by atomic mass is 10.4. The van der Waals surface area contributed by atoms with Gasteiger partial charge >= 0.3 is 12.2 Å². The molecule has 0 amide bonds. The van der Waals surface area contributed by atoms with E-state index < -0.39 is 19.2 Å². The summed E-state index contributed by atoms with van der Waals surface area (Å²) in [5.74, 6) is 0.534. The molecule has 0 spiro atoms. The van der Waals surface area contributed by atoms with Gasteiger partial charge in [-0.2, -0.15) is 28.1 Å². The number of nitrogens with one attached hydrogen (secondary N) is 1. The van der Waals surface area contributed by atoms with E-state index in [0.29, 0.717) is 5.95 Å². The van der Waals surface area contributed by atoms with Crippen LogP contribution >= 0.6 is 0 Å². The van der Waals surface area contributed by atoms with Gasteiger partial charge in [0.2, 0.25) is 11.9 Å². The summed E-state index contributed by atoms with van der Waals surface area (Å²) in [5.41, 5.74) is 0. The normalized spacial score (nSPS) is 11.2. The highest BCUT2D eigenvalue weighted by molar-refractivity contribution is 5.36. The largest absolute Gasteiger partial charge is 0.463 e. The van der Waals surface area contributed by atoms with Crippen molar-refractivity contribution in [2.24, 2.45) is 0 Å². The highest BCUT2D eigenvalue weighted by Crippen LogP contribution is 2.20. The van der Waals surface area contributed by atoms with Gasteiger partial charge in [0.25, 0.3) is 0 Å². The molecule has 1 aromatic rings. The van der Waals surface area contributed by atoms with E-state index in [2.05, 4.69) is 20.3 Å². The first-order chi connectivity index (χ1) is 8.31. The SMILES string of the molecule is CNc1nc(OCCC(F)(F)F)nc(N(C)C)n1. The average molecular weight is 265 g/mol. The molecule has 0 saturated carbocycles. The monoisotopic (exact) mass is 265 g/mol.